The average Bonchev–Trinajstić information content (AvgIpc) is 2.68. The van der Waals surface area contributed by atoms with Crippen molar-refractivity contribution < 1.29 is 14.3 Å². The normalized spacial score (nSPS) is 17.1. The molecule has 4 nitrogen and oxygen atoms in total. The molecule has 1 atom stereocenters. The topological polar surface area (TPSA) is 62.2 Å². The lowest BCUT2D eigenvalue weighted by Gasteiger charge is -2.47. The van der Waals surface area contributed by atoms with Crippen molar-refractivity contribution in [1.29, 1.82) is 0 Å². The number of halogens is 1. The summed E-state index contributed by atoms with van der Waals surface area (Å²) in [6.45, 7) is 10.7. The van der Waals surface area contributed by atoms with E-state index in [2.05, 4.69) is 24.1 Å². The van der Waals surface area contributed by atoms with E-state index in [0.29, 0.717) is 16.9 Å². The zero-order chi connectivity index (χ0) is 23.3. The number of pyridine rings is 1. The number of carbonyl (C=O) groups is 1. The highest BCUT2D eigenvalue weighted by molar-refractivity contribution is 5.90. The van der Waals surface area contributed by atoms with Gasteiger partial charge in [-0.1, -0.05) is 46.8 Å². The second-order valence-corrected chi connectivity index (χ2v) is 10.9. The van der Waals surface area contributed by atoms with Crippen LogP contribution in [0.3, 0.4) is 0 Å². The molecule has 0 aliphatic heterocycles. The first-order valence-electron chi connectivity index (χ1n) is 11.1. The highest BCUT2D eigenvalue weighted by atomic mass is 19.1. The second kappa shape index (κ2) is 7.88. The van der Waals surface area contributed by atoms with E-state index in [1.807, 2.05) is 39.0 Å². The van der Waals surface area contributed by atoms with Crippen LogP contribution >= 0.6 is 0 Å². The summed E-state index contributed by atoms with van der Waals surface area (Å²) in [5.41, 5.74) is 3.82. The third-order valence-corrected chi connectivity index (χ3v) is 6.51. The first-order valence-corrected chi connectivity index (χ1v) is 11.1. The van der Waals surface area contributed by atoms with Crippen molar-refractivity contribution in [2.24, 2.45) is 11.3 Å². The van der Waals surface area contributed by atoms with Gasteiger partial charge in [0.25, 0.3) is 0 Å². The molecule has 168 valence electrons. The standard InChI is InChI=1S/C27H31FN2O2/c1-26(2,3)22-12-16(6-8-21(22)25(31)32)24(18-13-27(4,5)14-18)30-20-11-17-10-19(28)7-9-23(17)29-15-20/h6-12,15,18,24,30H,13-14H2,1-5H3,(H,31,32). The van der Waals surface area contributed by atoms with Crippen LogP contribution in [0.2, 0.25) is 0 Å². The molecule has 1 aliphatic carbocycles. The number of nitrogens with one attached hydrogen (secondary N) is 1. The lowest BCUT2D eigenvalue weighted by atomic mass is 9.61. The maximum atomic E-state index is 13.7. The fourth-order valence-electron chi connectivity index (χ4n) is 4.99. The number of carboxylic acid groups (broad SMARTS) is 1. The van der Waals surface area contributed by atoms with Crippen LogP contribution in [0, 0.1) is 17.2 Å². The van der Waals surface area contributed by atoms with Crippen molar-refractivity contribution in [2.75, 3.05) is 5.32 Å². The third-order valence-electron chi connectivity index (χ3n) is 6.51. The summed E-state index contributed by atoms with van der Waals surface area (Å²) >= 11 is 0. The molecule has 32 heavy (non-hydrogen) atoms. The third kappa shape index (κ3) is 4.47. The zero-order valence-corrected chi connectivity index (χ0v) is 19.4. The summed E-state index contributed by atoms with van der Waals surface area (Å²) in [6.07, 6.45) is 3.94. The predicted octanol–water partition coefficient (Wildman–Crippen LogP) is 6.96. The maximum absolute atomic E-state index is 13.7. The minimum Gasteiger partial charge on any atom is -0.478 e. The van der Waals surface area contributed by atoms with Gasteiger partial charge in [0.15, 0.2) is 0 Å². The molecule has 0 radical (unpaired) electrons. The lowest BCUT2D eigenvalue weighted by molar-refractivity contribution is 0.0694. The van der Waals surface area contributed by atoms with Crippen LogP contribution < -0.4 is 5.32 Å². The number of rotatable bonds is 5. The van der Waals surface area contributed by atoms with Crippen LogP contribution in [-0.4, -0.2) is 16.1 Å². The van der Waals surface area contributed by atoms with Gasteiger partial charge in [0, 0.05) is 5.39 Å². The number of aromatic carboxylic acids is 1. The number of hydrogen-bond donors (Lipinski definition) is 2. The molecular weight excluding hydrogens is 403 g/mol. The number of aromatic nitrogens is 1. The molecule has 0 amide bonds. The van der Waals surface area contributed by atoms with Crippen LogP contribution in [0.1, 0.15) is 75.0 Å². The summed E-state index contributed by atoms with van der Waals surface area (Å²) in [7, 11) is 0. The molecule has 0 saturated heterocycles. The van der Waals surface area contributed by atoms with Gasteiger partial charge < -0.3 is 10.4 Å². The molecule has 1 aliphatic rings. The fourth-order valence-corrected chi connectivity index (χ4v) is 4.99. The highest BCUT2D eigenvalue weighted by Gasteiger charge is 2.41. The van der Waals surface area contributed by atoms with Crippen molar-refractivity contribution in [3.8, 4) is 0 Å². The van der Waals surface area contributed by atoms with Crippen molar-refractivity contribution in [3.05, 3.63) is 71.2 Å². The molecule has 1 unspecified atom stereocenters. The Labute approximate surface area is 188 Å². The zero-order valence-electron chi connectivity index (χ0n) is 19.4. The molecule has 5 heteroatoms. The van der Waals surface area contributed by atoms with E-state index in [0.717, 1.165) is 40.6 Å². The van der Waals surface area contributed by atoms with Gasteiger partial charge in [-0.25, -0.2) is 9.18 Å². The Morgan fingerprint density at radius 3 is 2.50 bits per heavy atom. The van der Waals surface area contributed by atoms with Crippen molar-refractivity contribution in [3.63, 3.8) is 0 Å². The Balaban J connectivity index is 1.74. The molecular formula is C27H31FN2O2. The van der Waals surface area contributed by atoms with Gasteiger partial charge in [-0.05, 0) is 71.0 Å². The Morgan fingerprint density at radius 2 is 1.88 bits per heavy atom. The number of anilines is 1. The number of hydrogen-bond acceptors (Lipinski definition) is 3. The summed E-state index contributed by atoms with van der Waals surface area (Å²) in [5.74, 6) is -0.777. The Hall–Kier alpha value is -2.95. The molecule has 0 bridgehead atoms. The molecule has 1 saturated carbocycles. The van der Waals surface area contributed by atoms with Crippen LogP contribution in [0.4, 0.5) is 10.1 Å². The minimum absolute atomic E-state index is 0.0137. The number of fused-ring (bicyclic) bond motifs is 1. The van der Waals surface area contributed by atoms with E-state index < -0.39 is 5.97 Å². The average molecular weight is 435 g/mol. The second-order valence-electron chi connectivity index (χ2n) is 10.9. The molecule has 1 fully saturated rings. The van der Waals surface area contributed by atoms with Crippen LogP contribution in [-0.2, 0) is 5.41 Å². The van der Waals surface area contributed by atoms with E-state index in [1.54, 1.807) is 18.3 Å². The number of nitrogens with zero attached hydrogens (tertiary/aromatic N) is 1. The molecule has 4 rings (SSSR count). The molecule has 2 aromatic carbocycles. The molecule has 2 N–H and O–H groups in total. The van der Waals surface area contributed by atoms with Crippen LogP contribution in [0.5, 0.6) is 0 Å². The molecule has 1 aromatic heterocycles. The van der Waals surface area contributed by atoms with E-state index in [9.17, 15) is 14.3 Å². The molecule has 0 spiro atoms. The SMILES string of the molecule is CC1(C)CC(C(Nc2cnc3ccc(F)cc3c2)c2ccc(C(=O)O)c(C(C)(C)C)c2)C1. The largest absolute Gasteiger partial charge is 0.478 e. The first-order chi connectivity index (χ1) is 14.9. The van der Waals surface area contributed by atoms with Gasteiger partial charge in [0.2, 0.25) is 0 Å². The monoisotopic (exact) mass is 434 g/mol. The highest BCUT2D eigenvalue weighted by Crippen LogP contribution is 2.51. The Bertz CT molecular complexity index is 1170. The first kappa shape index (κ1) is 22.3. The summed E-state index contributed by atoms with van der Waals surface area (Å²) in [5, 5.41) is 14.1. The smallest absolute Gasteiger partial charge is 0.335 e. The minimum atomic E-state index is -0.906. The van der Waals surface area contributed by atoms with Crippen molar-refractivity contribution in [2.45, 2.75) is 58.9 Å². The van der Waals surface area contributed by atoms with Gasteiger partial charge in [-0.2, -0.15) is 0 Å². The molecule has 3 aromatic rings. The van der Waals surface area contributed by atoms with Gasteiger partial charge in [0.1, 0.15) is 5.82 Å². The summed E-state index contributed by atoms with van der Waals surface area (Å²) in [4.78, 5) is 16.3. The van der Waals surface area contributed by atoms with Gasteiger partial charge >= 0.3 is 5.97 Å². The predicted molar refractivity (Wildman–Crippen MR) is 127 cm³/mol. The molecule has 1 heterocycles. The summed E-state index contributed by atoms with van der Waals surface area (Å²) in [6, 6.07) is 12.2. The van der Waals surface area contributed by atoms with Crippen molar-refractivity contribution >= 4 is 22.6 Å². The van der Waals surface area contributed by atoms with E-state index in [-0.39, 0.29) is 17.3 Å². The Kier molecular flexibility index (Phi) is 5.48. The maximum Gasteiger partial charge on any atom is 0.335 e. The number of carboxylic acids is 1. The lowest BCUT2D eigenvalue weighted by Crippen LogP contribution is -2.38. The Morgan fingerprint density at radius 1 is 1.16 bits per heavy atom. The quantitative estimate of drug-likeness (QED) is 0.456. The van der Waals surface area contributed by atoms with Gasteiger partial charge in [0.05, 0.1) is 29.0 Å². The van der Waals surface area contributed by atoms with Crippen molar-refractivity contribution in [1.82, 2.24) is 4.98 Å². The van der Waals surface area contributed by atoms with E-state index >= 15 is 0 Å². The summed E-state index contributed by atoms with van der Waals surface area (Å²) < 4.78 is 13.7. The van der Waals surface area contributed by atoms with Gasteiger partial charge in [-0.3, -0.25) is 4.98 Å². The van der Waals surface area contributed by atoms with Crippen LogP contribution in [0.25, 0.3) is 10.9 Å². The number of benzene rings is 2. The fraction of sp³-hybridized carbons (Fsp3) is 0.407. The van der Waals surface area contributed by atoms with Crippen LogP contribution in [0.15, 0.2) is 48.7 Å². The van der Waals surface area contributed by atoms with E-state index in [1.165, 1.54) is 12.1 Å². The van der Waals surface area contributed by atoms with Gasteiger partial charge in [-0.15, -0.1) is 0 Å². The van der Waals surface area contributed by atoms with E-state index in [4.69, 9.17) is 0 Å².